The molecule has 9 heteroatoms. The van der Waals surface area contributed by atoms with Crippen molar-refractivity contribution in [2.24, 2.45) is 0 Å². The maximum Gasteiger partial charge on any atom is 0.421 e. The van der Waals surface area contributed by atoms with E-state index in [0.717, 1.165) is 16.9 Å². The van der Waals surface area contributed by atoms with Gasteiger partial charge in [-0.3, -0.25) is 0 Å². The summed E-state index contributed by atoms with van der Waals surface area (Å²) in [7, 11) is 0. The standard InChI is InChI=1S/C14H10ClN4O2PS/c15-11-8-4-5-9-12(11)21-22(20)18-19-13(16-17-14(19)23-22)10-6-2-1-3-7-10/h1-9H,(H,18,20). The molecule has 0 fully saturated rings. The number of rotatable bonds is 3. The fraction of sp³-hybridized carbons (Fsp3) is 0. The molecular weight excluding hydrogens is 355 g/mol. The number of aromatic nitrogens is 3. The summed E-state index contributed by atoms with van der Waals surface area (Å²) in [5.74, 6) is 0.936. The van der Waals surface area contributed by atoms with E-state index in [0.29, 0.717) is 21.8 Å². The highest BCUT2D eigenvalue weighted by atomic mass is 35.5. The maximum atomic E-state index is 12.9. The van der Waals surface area contributed by atoms with E-state index in [-0.39, 0.29) is 0 Å². The molecule has 4 rings (SSSR count). The molecule has 2 heterocycles. The maximum absolute atomic E-state index is 12.9. The van der Waals surface area contributed by atoms with E-state index in [1.807, 2.05) is 30.3 Å². The molecule has 0 bridgehead atoms. The first-order valence-electron chi connectivity index (χ1n) is 6.67. The van der Waals surface area contributed by atoms with Gasteiger partial charge in [-0.15, -0.1) is 10.2 Å². The zero-order chi connectivity index (χ0) is 15.9. The molecule has 1 atom stereocenters. The van der Waals surface area contributed by atoms with Gasteiger partial charge in [0.2, 0.25) is 5.16 Å². The number of hydrogen-bond donors (Lipinski definition) is 1. The smallest absolute Gasteiger partial charge is 0.419 e. The van der Waals surface area contributed by atoms with Gasteiger partial charge in [0.1, 0.15) is 5.75 Å². The summed E-state index contributed by atoms with van der Waals surface area (Å²) in [6, 6.07) is 16.4. The number of benzene rings is 2. The summed E-state index contributed by atoms with van der Waals surface area (Å²) in [5, 5.41) is 11.9. The molecule has 0 aliphatic carbocycles. The highest BCUT2D eigenvalue weighted by Gasteiger charge is 2.39. The molecule has 1 aliphatic heterocycles. The fourth-order valence-corrected chi connectivity index (χ4v) is 5.62. The van der Waals surface area contributed by atoms with Crippen molar-refractivity contribution in [3.05, 3.63) is 59.6 Å². The van der Waals surface area contributed by atoms with E-state index >= 15 is 0 Å². The molecule has 0 saturated carbocycles. The van der Waals surface area contributed by atoms with Gasteiger partial charge >= 0.3 is 6.72 Å². The van der Waals surface area contributed by atoms with Crippen LogP contribution in [0.15, 0.2) is 59.8 Å². The Morgan fingerprint density at radius 3 is 2.61 bits per heavy atom. The molecule has 116 valence electrons. The van der Waals surface area contributed by atoms with Gasteiger partial charge in [-0.2, -0.15) is 0 Å². The van der Waals surface area contributed by atoms with Crippen LogP contribution in [0.2, 0.25) is 5.02 Å². The van der Waals surface area contributed by atoms with E-state index in [2.05, 4.69) is 15.4 Å². The molecule has 0 radical (unpaired) electrons. The second kappa shape index (κ2) is 5.60. The topological polar surface area (TPSA) is 69.0 Å². The Balaban J connectivity index is 1.65. The van der Waals surface area contributed by atoms with Crippen molar-refractivity contribution in [1.82, 2.24) is 14.9 Å². The third kappa shape index (κ3) is 2.72. The normalized spacial score (nSPS) is 19.2. The Morgan fingerprint density at radius 1 is 1.09 bits per heavy atom. The highest BCUT2D eigenvalue weighted by molar-refractivity contribution is 8.57. The van der Waals surface area contributed by atoms with Gasteiger partial charge in [0.15, 0.2) is 5.82 Å². The number of nitrogens with one attached hydrogen (secondary N) is 1. The number of nitrogens with zero attached hydrogens (tertiary/aromatic N) is 3. The van der Waals surface area contributed by atoms with Gasteiger partial charge in [0.05, 0.1) is 5.02 Å². The molecule has 23 heavy (non-hydrogen) atoms. The van der Waals surface area contributed by atoms with Crippen molar-refractivity contribution in [2.75, 3.05) is 5.20 Å². The Bertz CT molecular complexity index is 918. The van der Waals surface area contributed by atoms with Crippen LogP contribution in [0.3, 0.4) is 0 Å². The van der Waals surface area contributed by atoms with E-state index in [1.54, 1.807) is 28.9 Å². The summed E-state index contributed by atoms with van der Waals surface area (Å²) in [4.78, 5) is 0. The minimum Gasteiger partial charge on any atom is -0.419 e. The first-order chi connectivity index (χ1) is 11.1. The molecule has 1 aliphatic rings. The summed E-state index contributed by atoms with van der Waals surface area (Å²) in [5.41, 5.74) is 0.866. The van der Waals surface area contributed by atoms with E-state index in [1.165, 1.54) is 0 Å². The molecular formula is C14H10ClN4O2PS. The number of hydrogen-bond acceptors (Lipinski definition) is 5. The zero-order valence-electron chi connectivity index (χ0n) is 11.6. The third-order valence-electron chi connectivity index (χ3n) is 3.14. The number of para-hydroxylation sites is 1. The number of halogens is 1. The largest absolute Gasteiger partial charge is 0.421 e. The Labute approximate surface area is 141 Å². The first kappa shape index (κ1) is 14.6. The van der Waals surface area contributed by atoms with E-state index in [4.69, 9.17) is 16.1 Å². The van der Waals surface area contributed by atoms with Crippen molar-refractivity contribution < 1.29 is 9.09 Å². The third-order valence-corrected chi connectivity index (χ3v) is 6.69. The van der Waals surface area contributed by atoms with Crippen LogP contribution in [0.25, 0.3) is 11.4 Å². The summed E-state index contributed by atoms with van der Waals surface area (Å²) in [6.07, 6.45) is 0. The highest BCUT2D eigenvalue weighted by Crippen LogP contribution is 2.64. The van der Waals surface area contributed by atoms with Crippen molar-refractivity contribution in [1.29, 1.82) is 0 Å². The molecule has 1 N–H and O–H groups in total. The van der Waals surface area contributed by atoms with Crippen LogP contribution in [0.1, 0.15) is 0 Å². The van der Waals surface area contributed by atoms with Crippen molar-refractivity contribution in [3.8, 4) is 17.1 Å². The molecule has 1 aromatic heterocycles. The molecule has 0 amide bonds. The average Bonchev–Trinajstić information content (AvgIpc) is 3.07. The number of fused-ring (bicyclic) bond motifs is 1. The second-order valence-electron chi connectivity index (χ2n) is 4.72. The van der Waals surface area contributed by atoms with Crippen molar-refractivity contribution in [2.45, 2.75) is 5.16 Å². The van der Waals surface area contributed by atoms with E-state index < -0.39 is 6.72 Å². The molecule has 6 nitrogen and oxygen atoms in total. The minimum atomic E-state index is -3.26. The Morgan fingerprint density at radius 2 is 1.83 bits per heavy atom. The Hall–Kier alpha value is -1.95. The van der Waals surface area contributed by atoms with Crippen LogP contribution >= 0.6 is 29.7 Å². The average molecular weight is 365 g/mol. The molecule has 2 aromatic carbocycles. The van der Waals surface area contributed by atoms with Crippen molar-refractivity contribution >= 4 is 29.7 Å². The lowest BCUT2D eigenvalue weighted by Gasteiger charge is -2.14. The van der Waals surface area contributed by atoms with Crippen LogP contribution < -0.4 is 9.72 Å². The minimum absolute atomic E-state index is 0.359. The lowest BCUT2D eigenvalue weighted by molar-refractivity contribution is 0.501. The van der Waals surface area contributed by atoms with Gasteiger partial charge in [-0.05, 0) is 12.1 Å². The SMILES string of the molecule is O=P1(Oc2ccccc2Cl)Nn2c(nnc2-c2ccccc2)S1. The van der Waals surface area contributed by atoms with Gasteiger partial charge in [0, 0.05) is 16.9 Å². The van der Waals surface area contributed by atoms with Gasteiger partial charge in [0.25, 0.3) is 0 Å². The lowest BCUT2D eigenvalue weighted by Crippen LogP contribution is -2.09. The van der Waals surface area contributed by atoms with Crippen LogP contribution in [0, 0.1) is 0 Å². The molecule has 3 aromatic rings. The molecule has 1 unspecified atom stereocenters. The van der Waals surface area contributed by atoms with Gasteiger partial charge < -0.3 is 4.52 Å². The van der Waals surface area contributed by atoms with Crippen molar-refractivity contribution in [3.63, 3.8) is 0 Å². The summed E-state index contributed by atoms with van der Waals surface area (Å²) < 4.78 is 20.1. The van der Waals surface area contributed by atoms with Crippen LogP contribution in [-0.4, -0.2) is 14.9 Å². The first-order valence-corrected chi connectivity index (χ1v) is 10.1. The molecule has 0 spiro atoms. The predicted octanol–water partition coefficient (Wildman–Crippen LogP) is 4.43. The summed E-state index contributed by atoms with van der Waals surface area (Å²) in [6.45, 7) is -3.26. The van der Waals surface area contributed by atoms with Gasteiger partial charge in [-0.1, -0.05) is 54.1 Å². The van der Waals surface area contributed by atoms with E-state index in [9.17, 15) is 4.57 Å². The zero-order valence-corrected chi connectivity index (χ0v) is 14.1. The fourth-order valence-electron chi connectivity index (χ4n) is 2.13. The van der Waals surface area contributed by atoms with Crippen LogP contribution in [0.4, 0.5) is 0 Å². The predicted molar refractivity (Wildman–Crippen MR) is 90.4 cm³/mol. The lowest BCUT2D eigenvalue weighted by atomic mass is 10.2. The quantitative estimate of drug-likeness (QED) is 0.693. The second-order valence-corrected chi connectivity index (χ2v) is 9.04. The Kier molecular flexibility index (Phi) is 3.56. The monoisotopic (exact) mass is 364 g/mol. The summed E-state index contributed by atoms with van der Waals surface area (Å²) >= 11 is 7.07. The molecule has 0 saturated heterocycles. The van der Waals surface area contributed by atoms with Gasteiger partial charge in [-0.25, -0.2) is 14.4 Å². The van der Waals surface area contributed by atoms with Crippen LogP contribution in [0.5, 0.6) is 5.75 Å². The van der Waals surface area contributed by atoms with Crippen LogP contribution in [-0.2, 0) is 4.57 Å².